The zero-order valence-corrected chi connectivity index (χ0v) is 16.0. The van der Waals surface area contributed by atoms with E-state index in [9.17, 15) is 34.2 Å². The van der Waals surface area contributed by atoms with Crippen molar-refractivity contribution in [3.8, 4) is 5.75 Å². The summed E-state index contributed by atoms with van der Waals surface area (Å²) >= 11 is 0. The van der Waals surface area contributed by atoms with Gasteiger partial charge in [0, 0.05) is 12.3 Å². The average Bonchev–Trinajstić information content (AvgIpc) is 2.62. The highest BCUT2D eigenvalue weighted by molar-refractivity contribution is 6.31. The Morgan fingerprint density at radius 3 is 2.41 bits per heavy atom. The molecule has 4 rings (SSSR count). The molecule has 1 amide bonds. The Balaban J connectivity index is 1.89. The molecule has 8 heteroatoms. The fourth-order valence-corrected chi connectivity index (χ4v) is 5.51. The van der Waals surface area contributed by atoms with E-state index in [1.54, 1.807) is 12.1 Å². The summed E-state index contributed by atoms with van der Waals surface area (Å²) in [5.41, 5.74) is 2.37. The molecule has 0 aromatic heterocycles. The van der Waals surface area contributed by atoms with Gasteiger partial charge in [-0.05, 0) is 29.4 Å². The number of phenolic OH excluding ortho intramolecular Hbond substituents is 1. The van der Waals surface area contributed by atoms with E-state index in [-0.39, 0.29) is 24.2 Å². The lowest BCUT2D eigenvalue weighted by Gasteiger charge is -2.53. The number of rotatable bonds is 1. The number of carbonyl (C=O) groups excluding carboxylic acids is 5. The van der Waals surface area contributed by atoms with Crippen molar-refractivity contribution in [2.24, 2.45) is 29.4 Å². The zero-order chi connectivity index (χ0) is 21.5. The molecule has 3 aliphatic carbocycles. The van der Waals surface area contributed by atoms with Crippen LogP contribution in [0.25, 0.3) is 0 Å². The third kappa shape index (κ3) is 2.26. The third-order valence-electron chi connectivity index (χ3n) is 7.07. The summed E-state index contributed by atoms with van der Waals surface area (Å²) < 4.78 is 0. The number of aliphatic hydroxyl groups is 1. The molecule has 1 aromatic rings. The van der Waals surface area contributed by atoms with Crippen LogP contribution in [0.1, 0.15) is 42.6 Å². The molecule has 0 spiro atoms. The Bertz CT molecular complexity index is 1010. The van der Waals surface area contributed by atoms with Crippen molar-refractivity contribution < 1.29 is 34.2 Å². The lowest BCUT2D eigenvalue weighted by atomic mass is 9.48. The first kappa shape index (κ1) is 19.4. The third-order valence-corrected chi connectivity index (χ3v) is 7.07. The molecule has 5 atom stereocenters. The molecule has 0 saturated heterocycles. The van der Waals surface area contributed by atoms with Gasteiger partial charge in [0.15, 0.2) is 34.7 Å². The summed E-state index contributed by atoms with van der Waals surface area (Å²) in [6.45, 7) is 3.65. The number of amides is 1. The number of aromatic hydroxyl groups is 1. The van der Waals surface area contributed by atoms with Crippen LogP contribution in [0.15, 0.2) is 18.2 Å². The first-order valence-corrected chi connectivity index (χ1v) is 9.43. The van der Waals surface area contributed by atoms with E-state index in [0.29, 0.717) is 5.56 Å². The first-order valence-electron chi connectivity index (χ1n) is 9.43. The molecule has 29 heavy (non-hydrogen) atoms. The number of phenols is 1. The van der Waals surface area contributed by atoms with Crippen LogP contribution in [0.3, 0.4) is 0 Å². The maximum absolute atomic E-state index is 13.4. The number of nitrogens with two attached hydrogens (primary N) is 1. The van der Waals surface area contributed by atoms with Gasteiger partial charge in [-0.3, -0.25) is 24.0 Å². The van der Waals surface area contributed by atoms with Crippen molar-refractivity contribution in [2.75, 3.05) is 0 Å². The van der Waals surface area contributed by atoms with Crippen molar-refractivity contribution in [1.29, 1.82) is 0 Å². The Morgan fingerprint density at radius 1 is 1.14 bits per heavy atom. The summed E-state index contributed by atoms with van der Waals surface area (Å²) in [6, 6.07) is 4.65. The minimum atomic E-state index is -2.62. The predicted molar refractivity (Wildman–Crippen MR) is 97.8 cm³/mol. The maximum Gasteiger partial charge on any atom is 0.235 e. The molecule has 4 N–H and O–H groups in total. The molecule has 0 heterocycles. The van der Waals surface area contributed by atoms with Gasteiger partial charge in [-0.15, -0.1) is 0 Å². The second kappa shape index (κ2) is 5.82. The van der Waals surface area contributed by atoms with Gasteiger partial charge in [-0.1, -0.05) is 26.0 Å². The number of hydrogen-bond donors (Lipinski definition) is 3. The van der Waals surface area contributed by atoms with E-state index in [2.05, 4.69) is 0 Å². The number of fused-ring (bicyclic) bond motifs is 3. The second-order valence-corrected chi connectivity index (χ2v) is 8.80. The van der Waals surface area contributed by atoms with Crippen molar-refractivity contribution >= 4 is 29.0 Å². The number of carbonyl (C=O) groups is 5. The van der Waals surface area contributed by atoms with Crippen LogP contribution in [0.4, 0.5) is 0 Å². The van der Waals surface area contributed by atoms with Crippen molar-refractivity contribution in [2.45, 2.75) is 37.7 Å². The molecule has 3 aliphatic rings. The average molecular weight is 399 g/mol. The Kier molecular flexibility index (Phi) is 3.90. The Hall–Kier alpha value is -2.87. The molecule has 0 aliphatic heterocycles. The van der Waals surface area contributed by atoms with Gasteiger partial charge in [0.1, 0.15) is 5.75 Å². The van der Waals surface area contributed by atoms with E-state index in [0.717, 1.165) is 0 Å². The summed E-state index contributed by atoms with van der Waals surface area (Å²) in [4.78, 5) is 63.4. The van der Waals surface area contributed by atoms with Gasteiger partial charge in [-0.2, -0.15) is 0 Å². The Labute approximate surface area is 166 Å². The standard InChI is InChI=1S/C21H21NO7/c1-20(2)9-4-3-5-11(23)13(9)16(25)14-10(20)6-8-7-12(24)15(19(22)28)18(27)21(8,29)17(14)26/h3-5,8,10,14-15,23,29H,6-7H2,1-2H3,(H2,22,28). The summed E-state index contributed by atoms with van der Waals surface area (Å²) in [5.74, 6) is -10.0. The van der Waals surface area contributed by atoms with E-state index in [4.69, 9.17) is 5.73 Å². The zero-order valence-electron chi connectivity index (χ0n) is 16.0. The lowest BCUT2D eigenvalue weighted by molar-refractivity contribution is -0.177. The lowest BCUT2D eigenvalue weighted by Crippen LogP contribution is -2.69. The van der Waals surface area contributed by atoms with E-state index >= 15 is 0 Å². The van der Waals surface area contributed by atoms with Crippen molar-refractivity contribution in [3.05, 3.63) is 29.3 Å². The number of benzene rings is 1. The highest BCUT2D eigenvalue weighted by atomic mass is 16.3. The summed E-state index contributed by atoms with van der Waals surface area (Å²) in [7, 11) is 0. The summed E-state index contributed by atoms with van der Waals surface area (Å²) in [5, 5.41) is 21.4. The summed E-state index contributed by atoms with van der Waals surface area (Å²) in [6.07, 6.45) is -0.272. The maximum atomic E-state index is 13.4. The quantitative estimate of drug-likeness (QED) is 0.565. The molecule has 0 bridgehead atoms. The molecule has 2 saturated carbocycles. The first-order chi connectivity index (χ1) is 13.4. The van der Waals surface area contributed by atoms with Gasteiger partial charge in [0.2, 0.25) is 5.91 Å². The fraction of sp³-hybridized carbons (Fsp3) is 0.476. The second-order valence-electron chi connectivity index (χ2n) is 8.80. The van der Waals surface area contributed by atoms with Crippen LogP contribution in [0.5, 0.6) is 5.75 Å². The minimum absolute atomic E-state index is 0.0000592. The van der Waals surface area contributed by atoms with Crippen molar-refractivity contribution in [3.63, 3.8) is 0 Å². The predicted octanol–water partition coefficient (Wildman–Crippen LogP) is 0.0620. The molecule has 1 aromatic carbocycles. The normalized spacial score (nSPS) is 35.6. The molecule has 0 radical (unpaired) electrons. The van der Waals surface area contributed by atoms with Gasteiger partial charge in [-0.25, -0.2) is 0 Å². The molecule has 152 valence electrons. The number of Topliss-reactive ketones (excluding diaryl/α,β-unsaturated/α-hetero) is 4. The van der Waals surface area contributed by atoms with Crippen LogP contribution >= 0.6 is 0 Å². The number of ketones is 4. The van der Waals surface area contributed by atoms with Crippen LogP contribution in [-0.2, 0) is 24.6 Å². The number of primary amides is 1. The van der Waals surface area contributed by atoms with Crippen molar-refractivity contribution in [1.82, 2.24) is 0 Å². The molecular weight excluding hydrogens is 378 g/mol. The van der Waals surface area contributed by atoms with E-state index in [1.165, 1.54) is 6.07 Å². The SMILES string of the molecule is CC1(C)c2cccc(O)c2C(=O)C2C(=O)C3(O)C(=O)C(C(N)=O)C(=O)CC3CC21. The highest BCUT2D eigenvalue weighted by Crippen LogP contribution is 2.55. The minimum Gasteiger partial charge on any atom is -0.507 e. The van der Waals surface area contributed by atoms with Crippen LogP contribution in [-0.4, -0.2) is 44.9 Å². The smallest absolute Gasteiger partial charge is 0.235 e. The van der Waals surface area contributed by atoms with Crippen LogP contribution < -0.4 is 5.73 Å². The van der Waals surface area contributed by atoms with Gasteiger partial charge >= 0.3 is 0 Å². The molecule has 8 nitrogen and oxygen atoms in total. The van der Waals surface area contributed by atoms with E-state index in [1.807, 2.05) is 13.8 Å². The Morgan fingerprint density at radius 2 is 1.79 bits per heavy atom. The largest absolute Gasteiger partial charge is 0.507 e. The topological polar surface area (TPSA) is 152 Å². The van der Waals surface area contributed by atoms with Gasteiger partial charge in [0.05, 0.1) is 11.5 Å². The molecule has 5 unspecified atom stereocenters. The van der Waals surface area contributed by atoms with E-state index < -0.39 is 63.7 Å². The van der Waals surface area contributed by atoms with Crippen LogP contribution in [0, 0.1) is 23.7 Å². The monoisotopic (exact) mass is 399 g/mol. The highest BCUT2D eigenvalue weighted by Gasteiger charge is 2.68. The van der Waals surface area contributed by atoms with Crippen LogP contribution in [0.2, 0.25) is 0 Å². The van der Waals surface area contributed by atoms with Gasteiger partial charge < -0.3 is 15.9 Å². The molecule has 2 fully saturated rings. The molecular formula is C21H21NO7. The number of hydrogen-bond acceptors (Lipinski definition) is 7. The fourth-order valence-electron chi connectivity index (χ4n) is 5.51. The van der Waals surface area contributed by atoms with Gasteiger partial charge in [0.25, 0.3) is 0 Å².